The summed E-state index contributed by atoms with van der Waals surface area (Å²) in [5, 5.41) is 0. The van der Waals surface area contributed by atoms with E-state index in [1.807, 2.05) is 6.92 Å². The molecular formula is C14H21N3O2. The highest BCUT2D eigenvalue weighted by Gasteiger charge is 2.12. The third-order valence-corrected chi connectivity index (χ3v) is 3.01. The third-order valence-electron chi connectivity index (χ3n) is 3.01. The average Bonchev–Trinajstić information content (AvgIpc) is 2.38. The fraction of sp³-hybridized carbons (Fsp3) is 0.429. The maximum absolute atomic E-state index is 11.9. The summed E-state index contributed by atoms with van der Waals surface area (Å²) in [6, 6.07) is 6.93. The van der Waals surface area contributed by atoms with Gasteiger partial charge in [-0.15, -0.1) is 0 Å². The first-order valence-electron chi connectivity index (χ1n) is 6.26. The van der Waals surface area contributed by atoms with E-state index in [0.717, 1.165) is 5.56 Å². The minimum atomic E-state index is -0.451. The zero-order valence-electron chi connectivity index (χ0n) is 11.4. The zero-order valence-corrected chi connectivity index (χ0v) is 11.4. The summed E-state index contributed by atoms with van der Waals surface area (Å²) in [4.78, 5) is 24.5. The summed E-state index contributed by atoms with van der Waals surface area (Å²) in [7, 11) is 1.76. The smallest absolute Gasteiger partial charge is 0.248 e. The number of rotatable bonds is 6. The molecular weight excluding hydrogens is 242 g/mol. The molecule has 104 valence electrons. The first-order valence-corrected chi connectivity index (χ1v) is 6.26. The second-order valence-corrected chi connectivity index (χ2v) is 4.86. The van der Waals surface area contributed by atoms with Crippen LogP contribution in [0.4, 0.5) is 0 Å². The molecule has 5 heteroatoms. The van der Waals surface area contributed by atoms with Gasteiger partial charge in [-0.05, 0) is 30.2 Å². The van der Waals surface area contributed by atoms with Crippen LogP contribution < -0.4 is 11.5 Å². The summed E-state index contributed by atoms with van der Waals surface area (Å²) < 4.78 is 0. The number of carbonyl (C=O) groups is 2. The van der Waals surface area contributed by atoms with Gasteiger partial charge in [-0.2, -0.15) is 0 Å². The highest BCUT2D eigenvalue weighted by Crippen LogP contribution is 2.09. The number of carbonyl (C=O) groups excluding carboxylic acids is 2. The molecule has 1 unspecified atom stereocenters. The number of nitrogens with zero attached hydrogens (tertiary/aromatic N) is 1. The van der Waals surface area contributed by atoms with Gasteiger partial charge in [0.2, 0.25) is 11.8 Å². The van der Waals surface area contributed by atoms with Crippen molar-refractivity contribution in [2.75, 3.05) is 13.6 Å². The van der Waals surface area contributed by atoms with Gasteiger partial charge in [0.25, 0.3) is 0 Å². The number of nitrogens with two attached hydrogens (primary N) is 2. The molecule has 1 aromatic rings. The Morgan fingerprint density at radius 3 is 2.32 bits per heavy atom. The molecule has 0 heterocycles. The van der Waals surface area contributed by atoms with Crippen LogP contribution in [0.1, 0.15) is 29.3 Å². The van der Waals surface area contributed by atoms with Gasteiger partial charge in [-0.1, -0.05) is 19.1 Å². The van der Waals surface area contributed by atoms with Crippen LogP contribution in [0, 0.1) is 5.92 Å². The Morgan fingerprint density at radius 2 is 1.84 bits per heavy atom. The lowest BCUT2D eigenvalue weighted by Crippen LogP contribution is -2.29. The van der Waals surface area contributed by atoms with Gasteiger partial charge in [0.15, 0.2) is 0 Å². The van der Waals surface area contributed by atoms with E-state index in [-0.39, 0.29) is 11.8 Å². The Balaban J connectivity index is 2.58. The molecule has 1 atom stereocenters. The highest BCUT2D eigenvalue weighted by atomic mass is 16.2. The lowest BCUT2D eigenvalue weighted by atomic mass is 10.1. The van der Waals surface area contributed by atoms with Crippen molar-refractivity contribution in [3.63, 3.8) is 0 Å². The third kappa shape index (κ3) is 4.71. The largest absolute Gasteiger partial charge is 0.366 e. The van der Waals surface area contributed by atoms with Crippen molar-refractivity contribution in [3.05, 3.63) is 35.4 Å². The van der Waals surface area contributed by atoms with Crippen LogP contribution in [0.3, 0.4) is 0 Å². The fourth-order valence-corrected chi connectivity index (χ4v) is 1.67. The molecule has 1 rings (SSSR count). The molecule has 2 amide bonds. The number of hydrogen-bond donors (Lipinski definition) is 2. The van der Waals surface area contributed by atoms with Gasteiger partial charge in [-0.25, -0.2) is 0 Å². The predicted octanol–water partition coefficient (Wildman–Crippen LogP) is 0.729. The van der Waals surface area contributed by atoms with E-state index in [1.54, 1.807) is 36.2 Å². The van der Waals surface area contributed by atoms with E-state index in [1.165, 1.54) is 0 Å². The highest BCUT2D eigenvalue weighted by molar-refractivity contribution is 5.92. The predicted molar refractivity (Wildman–Crippen MR) is 74.3 cm³/mol. The Morgan fingerprint density at radius 1 is 1.26 bits per heavy atom. The molecule has 19 heavy (non-hydrogen) atoms. The van der Waals surface area contributed by atoms with Crippen LogP contribution in [-0.2, 0) is 11.3 Å². The lowest BCUT2D eigenvalue weighted by Gasteiger charge is -2.19. The van der Waals surface area contributed by atoms with E-state index in [9.17, 15) is 9.59 Å². The van der Waals surface area contributed by atoms with Crippen molar-refractivity contribution in [3.8, 4) is 0 Å². The van der Waals surface area contributed by atoms with Crippen LogP contribution in [-0.4, -0.2) is 30.3 Å². The fourth-order valence-electron chi connectivity index (χ4n) is 1.67. The quantitative estimate of drug-likeness (QED) is 0.792. The summed E-state index contributed by atoms with van der Waals surface area (Å²) >= 11 is 0. The van der Waals surface area contributed by atoms with Crippen LogP contribution in [0.15, 0.2) is 24.3 Å². The van der Waals surface area contributed by atoms with Crippen molar-refractivity contribution in [1.29, 1.82) is 0 Å². The van der Waals surface area contributed by atoms with Crippen molar-refractivity contribution in [2.24, 2.45) is 17.4 Å². The van der Waals surface area contributed by atoms with Crippen LogP contribution >= 0.6 is 0 Å². The second-order valence-electron chi connectivity index (χ2n) is 4.86. The molecule has 0 aliphatic rings. The van der Waals surface area contributed by atoms with E-state index in [2.05, 4.69) is 0 Å². The standard InChI is InChI=1S/C14H21N3O2/c1-10(8-15)7-13(18)17(2)9-11-3-5-12(6-4-11)14(16)19/h3-6,10H,7-9,15H2,1-2H3,(H2,16,19). The summed E-state index contributed by atoms with van der Waals surface area (Å²) in [6.45, 7) is 2.97. The number of primary amides is 1. The number of hydrogen-bond acceptors (Lipinski definition) is 3. The average molecular weight is 263 g/mol. The molecule has 0 bridgehead atoms. The molecule has 0 saturated heterocycles. The molecule has 0 spiro atoms. The summed E-state index contributed by atoms with van der Waals surface area (Å²) in [6.07, 6.45) is 0.451. The molecule has 0 aromatic heterocycles. The van der Waals surface area contributed by atoms with Crippen molar-refractivity contribution < 1.29 is 9.59 Å². The van der Waals surface area contributed by atoms with Gasteiger partial charge < -0.3 is 16.4 Å². The topological polar surface area (TPSA) is 89.4 Å². The Bertz CT molecular complexity index is 443. The normalized spacial score (nSPS) is 11.9. The van der Waals surface area contributed by atoms with E-state index < -0.39 is 5.91 Å². The molecule has 0 aliphatic carbocycles. The summed E-state index contributed by atoms with van der Waals surface area (Å²) in [5.41, 5.74) is 12.1. The maximum Gasteiger partial charge on any atom is 0.248 e. The molecule has 0 saturated carbocycles. The van der Waals surface area contributed by atoms with E-state index in [4.69, 9.17) is 11.5 Å². The molecule has 4 N–H and O–H groups in total. The number of benzene rings is 1. The van der Waals surface area contributed by atoms with Gasteiger partial charge >= 0.3 is 0 Å². The zero-order chi connectivity index (χ0) is 14.4. The van der Waals surface area contributed by atoms with Gasteiger partial charge in [-0.3, -0.25) is 9.59 Å². The van der Waals surface area contributed by atoms with Crippen molar-refractivity contribution in [2.45, 2.75) is 19.9 Å². The van der Waals surface area contributed by atoms with Crippen LogP contribution in [0.5, 0.6) is 0 Å². The lowest BCUT2D eigenvalue weighted by molar-refractivity contribution is -0.131. The van der Waals surface area contributed by atoms with E-state index >= 15 is 0 Å². The maximum atomic E-state index is 11.9. The number of amides is 2. The Kier molecular flexibility index (Phi) is 5.51. The molecule has 0 aliphatic heterocycles. The van der Waals surface area contributed by atoms with Crippen molar-refractivity contribution >= 4 is 11.8 Å². The monoisotopic (exact) mass is 263 g/mol. The first-order chi connectivity index (χ1) is 8.93. The molecule has 5 nitrogen and oxygen atoms in total. The van der Waals surface area contributed by atoms with Gasteiger partial charge in [0.1, 0.15) is 0 Å². The second kappa shape index (κ2) is 6.89. The molecule has 0 fully saturated rings. The Labute approximate surface area is 113 Å². The minimum Gasteiger partial charge on any atom is -0.366 e. The Hall–Kier alpha value is -1.88. The van der Waals surface area contributed by atoms with E-state index in [0.29, 0.717) is 25.1 Å². The molecule has 1 aromatic carbocycles. The van der Waals surface area contributed by atoms with Crippen LogP contribution in [0.25, 0.3) is 0 Å². The minimum absolute atomic E-state index is 0.0666. The van der Waals surface area contributed by atoms with Gasteiger partial charge in [0, 0.05) is 25.6 Å². The van der Waals surface area contributed by atoms with Crippen LogP contribution in [0.2, 0.25) is 0 Å². The van der Waals surface area contributed by atoms with Crippen molar-refractivity contribution in [1.82, 2.24) is 4.90 Å². The van der Waals surface area contributed by atoms with Gasteiger partial charge in [0.05, 0.1) is 0 Å². The first kappa shape index (κ1) is 15.2. The summed E-state index contributed by atoms with van der Waals surface area (Å²) in [5.74, 6) is -0.197. The molecule has 0 radical (unpaired) electrons. The SMILES string of the molecule is CC(CN)CC(=O)N(C)Cc1ccc(C(N)=O)cc1.